The van der Waals surface area contributed by atoms with Crippen molar-refractivity contribution in [1.82, 2.24) is 0 Å². The SMILES string of the molecule is Cc1ccc(O[C@@H]2O[C@H](CO[C@H]3OC[C@@H](O[C@@H]4OC[C@@H](O)[C@H](O)[C@H]4O)[C@H](O)[C@H]3O)[C@@H](O)[C@H](O)[C@H]2O)cc1. The van der Waals surface area contributed by atoms with Gasteiger partial charge in [-0.2, -0.15) is 0 Å². The summed E-state index contributed by atoms with van der Waals surface area (Å²) >= 11 is 0. The highest BCUT2D eigenvalue weighted by atomic mass is 16.7. The zero-order valence-corrected chi connectivity index (χ0v) is 20.0. The van der Waals surface area contributed by atoms with Crippen molar-refractivity contribution in [3.05, 3.63) is 29.8 Å². The largest absolute Gasteiger partial charge is 0.462 e. The quantitative estimate of drug-likeness (QED) is 0.168. The van der Waals surface area contributed by atoms with E-state index in [2.05, 4.69) is 0 Å². The number of aryl methyl sites for hydroxylation is 1. The third-order valence-corrected chi connectivity index (χ3v) is 6.56. The lowest BCUT2D eigenvalue weighted by atomic mass is 9.99. The highest BCUT2D eigenvalue weighted by Crippen LogP contribution is 2.27. The lowest BCUT2D eigenvalue weighted by Gasteiger charge is -2.43. The van der Waals surface area contributed by atoms with Gasteiger partial charge in [0, 0.05) is 0 Å². The number of rotatable bonds is 7. The van der Waals surface area contributed by atoms with Gasteiger partial charge in [-0.1, -0.05) is 17.7 Å². The Labute approximate surface area is 212 Å². The zero-order valence-electron chi connectivity index (χ0n) is 20.0. The summed E-state index contributed by atoms with van der Waals surface area (Å²) in [6, 6.07) is 6.88. The molecule has 0 unspecified atom stereocenters. The van der Waals surface area contributed by atoms with E-state index < -0.39 is 86.5 Å². The molecule has 14 heteroatoms. The van der Waals surface area contributed by atoms with Gasteiger partial charge in [0.15, 0.2) is 12.6 Å². The van der Waals surface area contributed by atoms with Crippen LogP contribution in [0.1, 0.15) is 5.56 Å². The molecule has 0 radical (unpaired) electrons. The second-order valence-electron chi connectivity index (χ2n) is 9.39. The van der Waals surface area contributed by atoms with Crippen LogP contribution < -0.4 is 4.74 Å². The third-order valence-electron chi connectivity index (χ3n) is 6.56. The van der Waals surface area contributed by atoms with Crippen LogP contribution in [-0.4, -0.2) is 141 Å². The van der Waals surface area contributed by atoms with Gasteiger partial charge in [0.2, 0.25) is 6.29 Å². The van der Waals surface area contributed by atoms with E-state index in [1.807, 2.05) is 6.92 Å². The summed E-state index contributed by atoms with van der Waals surface area (Å²) in [5.74, 6) is 0.368. The van der Waals surface area contributed by atoms with Crippen LogP contribution in [0.2, 0.25) is 0 Å². The predicted molar refractivity (Wildman–Crippen MR) is 119 cm³/mol. The zero-order chi connectivity index (χ0) is 26.9. The summed E-state index contributed by atoms with van der Waals surface area (Å²) in [5, 5.41) is 81.1. The molecule has 3 heterocycles. The molecule has 3 saturated heterocycles. The van der Waals surface area contributed by atoms with E-state index in [4.69, 9.17) is 28.4 Å². The fraction of sp³-hybridized carbons (Fsp3) is 0.739. The smallest absolute Gasteiger partial charge is 0.229 e. The molecule has 1 aromatic rings. The predicted octanol–water partition coefficient (Wildman–Crippen LogP) is -3.90. The van der Waals surface area contributed by atoms with Crippen molar-refractivity contribution >= 4 is 0 Å². The molecule has 3 aliphatic rings. The molecule has 0 aliphatic carbocycles. The number of hydrogen-bond donors (Lipinski definition) is 8. The molecule has 0 amide bonds. The molecular formula is C23H34O14. The molecule has 37 heavy (non-hydrogen) atoms. The van der Waals surface area contributed by atoms with Gasteiger partial charge in [-0.3, -0.25) is 0 Å². The molecule has 3 aliphatic heterocycles. The maximum absolute atomic E-state index is 10.5. The molecule has 1 aromatic carbocycles. The average molecular weight is 535 g/mol. The second kappa shape index (κ2) is 12.1. The monoisotopic (exact) mass is 534 g/mol. The molecular weight excluding hydrogens is 500 g/mol. The lowest BCUT2D eigenvalue weighted by Crippen LogP contribution is -2.61. The van der Waals surface area contributed by atoms with Crippen LogP contribution >= 0.6 is 0 Å². The van der Waals surface area contributed by atoms with Crippen molar-refractivity contribution in [2.45, 2.75) is 86.8 Å². The number of aliphatic hydroxyl groups is 8. The minimum Gasteiger partial charge on any atom is -0.462 e. The summed E-state index contributed by atoms with van der Waals surface area (Å²) in [4.78, 5) is 0. The molecule has 0 bridgehead atoms. The Hall–Kier alpha value is -1.50. The first-order chi connectivity index (χ1) is 17.6. The maximum atomic E-state index is 10.5. The number of ether oxygens (including phenoxy) is 6. The Morgan fingerprint density at radius 2 is 1.32 bits per heavy atom. The van der Waals surface area contributed by atoms with Crippen LogP contribution in [0, 0.1) is 6.92 Å². The lowest BCUT2D eigenvalue weighted by molar-refractivity contribution is -0.335. The Balaban J connectivity index is 1.30. The van der Waals surface area contributed by atoms with E-state index in [0.717, 1.165) is 5.56 Å². The first-order valence-electron chi connectivity index (χ1n) is 11.9. The van der Waals surface area contributed by atoms with E-state index in [-0.39, 0.29) is 13.2 Å². The Bertz CT molecular complexity index is 856. The fourth-order valence-electron chi connectivity index (χ4n) is 4.20. The first-order valence-corrected chi connectivity index (χ1v) is 11.9. The summed E-state index contributed by atoms with van der Waals surface area (Å²) < 4.78 is 32.7. The van der Waals surface area contributed by atoms with Gasteiger partial charge in [0.05, 0.1) is 19.8 Å². The van der Waals surface area contributed by atoms with E-state index in [0.29, 0.717) is 5.75 Å². The van der Waals surface area contributed by atoms with Crippen LogP contribution in [0.15, 0.2) is 24.3 Å². The summed E-state index contributed by atoms with van der Waals surface area (Å²) in [7, 11) is 0. The van der Waals surface area contributed by atoms with Crippen LogP contribution in [0.4, 0.5) is 0 Å². The molecule has 0 spiro atoms. The highest BCUT2D eigenvalue weighted by molar-refractivity contribution is 5.26. The fourth-order valence-corrected chi connectivity index (χ4v) is 4.20. The third kappa shape index (κ3) is 6.39. The number of hydrogen-bond acceptors (Lipinski definition) is 14. The minimum atomic E-state index is -1.63. The van der Waals surface area contributed by atoms with Gasteiger partial charge in [0.25, 0.3) is 0 Å². The average Bonchev–Trinajstić information content (AvgIpc) is 2.88. The van der Waals surface area contributed by atoms with Crippen molar-refractivity contribution in [2.24, 2.45) is 0 Å². The van der Waals surface area contributed by atoms with Crippen molar-refractivity contribution < 1.29 is 69.3 Å². The van der Waals surface area contributed by atoms with Gasteiger partial charge < -0.3 is 69.3 Å². The summed E-state index contributed by atoms with van der Waals surface area (Å²) in [6.07, 6.45) is -18.8. The van der Waals surface area contributed by atoms with E-state index >= 15 is 0 Å². The van der Waals surface area contributed by atoms with Crippen LogP contribution in [0.25, 0.3) is 0 Å². The second-order valence-corrected chi connectivity index (χ2v) is 9.39. The Morgan fingerprint density at radius 1 is 0.703 bits per heavy atom. The van der Waals surface area contributed by atoms with Crippen molar-refractivity contribution in [3.8, 4) is 5.75 Å². The normalized spacial score (nSPS) is 44.9. The number of aliphatic hydroxyl groups excluding tert-OH is 8. The Morgan fingerprint density at radius 3 is 2.03 bits per heavy atom. The molecule has 14 nitrogen and oxygen atoms in total. The maximum Gasteiger partial charge on any atom is 0.229 e. The van der Waals surface area contributed by atoms with Gasteiger partial charge in [-0.25, -0.2) is 0 Å². The topological polar surface area (TPSA) is 217 Å². The van der Waals surface area contributed by atoms with E-state index in [1.54, 1.807) is 24.3 Å². The summed E-state index contributed by atoms with van der Waals surface area (Å²) in [5.41, 5.74) is 0.985. The van der Waals surface area contributed by atoms with E-state index in [1.165, 1.54) is 0 Å². The first kappa shape index (κ1) is 28.5. The van der Waals surface area contributed by atoms with Crippen LogP contribution in [0.3, 0.4) is 0 Å². The molecule has 13 atom stereocenters. The van der Waals surface area contributed by atoms with Gasteiger partial charge in [-0.15, -0.1) is 0 Å². The van der Waals surface area contributed by atoms with Crippen molar-refractivity contribution in [1.29, 1.82) is 0 Å². The number of benzene rings is 1. The van der Waals surface area contributed by atoms with Gasteiger partial charge in [0.1, 0.15) is 66.8 Å². The molecule has 3 fully saturated rings. The standard InChI is InChI=1S/C23H34O14/c1-9-2-4-10(5-3-9)35-23-20(31)17(28)15(26)12(37-23)7-33-21-19(30)16(27)13(8-34-21)36-22-18(29)14(25)11(24)6-32-22/h2-5,11-31H,6-8H2,1H3/t11-,12-,13-,14+,15-,16+,17+,18-,19-,20-,21+,22+,23-/m1/s1. The molecule has 4 rings (SSSR count). The Kier molecular flexibility index (Phi) is 9.34. The van der Waals surface area contributed by atoms with Crippen molar-refractivity contribution in [2.75, 3.05) is 19.8 Å². The summed E-state index contributed by atoms with van der Waals surface area (Å²) in [6.45, 7) is 0.870. The highest BCUT2D eigenvalue weighted by Gasteiger charge is 2.48. The van der Waals surface area contributed by atoms with Crippen LogP contribution in [0.5, 0.6) is 5.75 Å². The minimum absolute atomic E-state index is 0.303. The van der Waals surface area contributed by atoms with Crippen LogP contribution in [-0.2, 0) is 23.7 Å². The van der Waals surface area contributed by atoms with Crippen molar-refractivity contribution in [3.63, 3.8) is 0 Å². The molecule has 0 aromatic heterocycles. The van der Waals surface area contributed by atoms with Gasteiger partial charge >= 0.3 is 0 Å². The molecule has 0 saturated carbocycles. The van der Waals surface area contributed by atoms with E-state index in [9.17, 15) is 40.9 Å². The molecule has 210 valence electrons. The molecule has 8 N–H and O–H groups in total. The van der Waals surface area contributed by atoms with Gasteiger partial charge in [-0.05, 0) is 19.1 Å².